The van der Waals surface area contributed by atoms with Gasteiger partial charge in [0.1, 0.15) is 5.75 Å². The number of thiazole rings is 1. The molecule has 6 heteroatoms. The van der Waals surface area contributed by atoms with Crippen molar-refractivity contribution in [1.82, 2.24) is 10.3 Å². The van der Waals surface area contributed by atoms with Gasteiger partial charge >= 0.3 is 0 Å². The first-order chi connectivity index (χ1) is 10.8. The van der Waals surface area contributed by atoms with E-state index in [1.54, 1.807) is 41.8 Å². The third kappa shape index (κ3) is 3.93. The average Bonchev–Trinajstić information content (AvgIpc) is 3.21. The molecule has 2 aromatic heterocycles. The number of hydrogen-bond acceptors (Lipinski definition) is 5. The summed E-state index contributed by atoms with van der Waals surface area (Å²) in [6.45, 7) is 0.636. The van der Waals surface area contributed by atoms with E-state index in [1.165, 1.54) is 16.2 Å². The Hall–Kier alpha value is -2.18. The minimum absolute atomic E-state index is 0.0719. The molecule has 0 bridgehead atoms. The molecule has 0 aliphatic heterocycles. The second-order valence-electron chi connectivity index (χ2n) is 4.51. The Morgan fingerprint density at radius 1 is 1.14 bits per heavy atom. The van der Waals surface area contributed by atoms with Crippen molar-refractivity contribution >= 4 is 28.6 Å². The standard InChI is InChI=1S/C16H14N2O2S2/c19-15(17-8-7-14-2-1-10-21-14)12-3-5-13(6-4-12)20-16-18-9-11-22-16/h1-6,9-11H,7-8H2,(H,17,19). The summed E-state index contributed by atoms with van der Waals surface area (Å²) in [5.41, 5.74) is 0.623. The fourth-order valence-corrected chi connectivity index (χ4v) is 3.11. The van der Waals surface area contributed by atoms with Gasteiger partial charge in [-0.05, 0) is 42.1 Å². The van der Waals surface area contributed by atoms with Gasteiger partial charge in [0.15, 0.2) is 0 Å². The van der Waals surface area contributed by atoms with Crippen LogP contribution in [0.25, 0.3) is 0 Å². The molecule has 112 valence electrons. The molecule has 0 radical (unpaired) electrons. The number of nitrogens with one attached hydrogen (secondary N) is 1. The molecule has 2 heterocycles. The van der Waals surface area contributed by atoms with Gasteiger partial charge in [-0.3, -0.25) is 4.79 Å². The normalized spacial score (nSPS) is 10.4. The number of amides is 1. The van der Waals surface area contributed by atoms with Crippen LogP contribution >= 0.6 is 22.7 Å². The Balaban J connectivity index is 1.52. The smallest absolute Gasteiger partial charge is 0.278 e. The SMILES string of the molecule is O=C(NCCc1cccs1)c1ccc(Oc2nccs2)cc1. The van der Waals surface area contributed by atoms with Gasteiger partial charge in [-0.15, -0.1) is 11.3 Å². The van der Waals surface area contributed by atoms with E-state index in [-0.39, 0.29) is 5.91 Å². The van der Waals surface area contributed by atoms with Crippen LogP contribution in [0.3, 0.4) is 0 Å². The minimum Gasteiger partial charge on any atom is -0.431 e. The number of aromatic nitrogens is 1. The maximum Gasteiger partial charge on any atom is 0.278 e. The topological polar surface area (TPSA) is 51.2 Å². The summed E-state index contributed by atoms with van der Waals surface area (Å²) in [6, 6.07) is 11.1. The largest absolute Gasteiger partial charge is 0.431 e. The van der Waals surface area contributed by atoms with Crippen LogP contribution in [-0.2, 0) is 6.42 Å². The summed E-state index contributed by atoms with van der Waals surface area (Å²) in [5, 5.41) is 7.40. The quantitative estimate of drug-likeness (QED) is 0.744. The highest BCUT2D eigenvalue weighted by Gasteiger charge is 2.06. The molecule has 4 nitrogen and oxygen atoms in total. The van der Waals surface area contributed by atoms with E-state index in [0.29, 0.717) is 23.1 Å². The molecule has 22 heavy (non-hydrogen) atoms. The molecule has 0 saturated carbocycles. The van der Waals surface area contributed by atoms with Gasteiger partial charge in [0, 0.05) is 28.6 Å². The molecule has 1 amide bonds. The van der Waals surface area contributed by atoms with E-state index < -0.39 is 0 Å². The molecule has 3 aromatic rings. The van der Waals surface area contributed by atoms with E-state index in [4.69, 9.17) is 4.74 Å². The summed E-state index contributed by atoms with van der Waals surface area (Å²) >= 11 is 3.13. The highest BCUT2D eigenvalue weighted by molar-refractivity contribution is 7.11. The van der Waals surface area contributed by atoms with E-state index in [0.717, 1.165) is 6.42 Å². The molecular weight excluding hydrogens is 316 g/mol. The summed E-state index contributed by atoms with van der Waals surface area (Å²) in [4.78, 5) is 17.4. The molecule has 0 fully saturated rings. The van der Waals surface area contributed by atoms with Crippen molar-refractivity contribution in [3.05, 3.63) is 63.8 Å². The molecule has 0 atom stereocenters. The Morgan fingerprint density at radius 3 is 2.68 bits per heavy atom. The van der Waals surface area contributed by atoms with Gasteiger partial charge in [0.05, 0.1) is 0 Å². The zero-order valence-electron chi connectivity index (χ0n) is 11.7. The number of benzene rings is 1. The Labute approximate surface area is 136 Å². The van der Waals surface area contributed by atoms with Gasteiger partial charge in [-0.25, -0.2) is 4.98 Å². The van der Waals surface area contributed by atoms with Crippen LogP contribution in [0.15, 0.2) is 53.4 Å². The monoisotopic (exact) mass is 330 g/mol. The van der Waals surface area contributed by atoms with Crippen LogP contribution < -0.4 is 10.1 Å². The maximum absolute atomic E-state index is 12.0. The van der Waals surface area contributed by atoms with Crippen molar-refractivity contribution in [2.24, 2.45) is 0 Å². The van der Waals surface area contributed by atoms with Crippen LogP contribution in [0.2, 0.25) is 0 Å². The molecule has 1 N–H and O–H groups in total. The van der Waals surface area contributed by atoms with Crippen LogP contribution in [0.1, 0.15) is 15.2 Å². The first kappa shape index (κ1) is 14.7. The number of rotatable bonds is 6. The number of carbonyl (C=O) groups is 1. The second kappa shape index (κ2) is 7.20. The molecule has 1 aromatic carbocycles. The van der Waals surface area contributed by atoms with E-state index >= 15 is 0 Å². The summed E-state index contributed by atoms with van der Waals surface area (Å²) in [7, 11) is 0. The highest BCUT2D eigenvalue weighted by atomic mass is 32.1. The van der Waals surface area contributed by atoms with Crippen molar-refractivity contribution in [2.75, 3.05) is 6.54 Å². The molecule has 0 aliphatic rings. The Morgan fingerprint density at radius 2 is 2.00 bits per heavy atom. The van der Waals surface area contributed by atoms with Crippen LogP contribution in [0.5, 0.6) is 10.9 Å². The van der Waals surface area contributed by atoms with Crippen molar-refractivity contribution in [3.8, 4) is 10.9 Å². The van der Waals surface area contributed by atoms with E-state index in [2.05, 4.69) is 16.4 Å². The lowest BCUT2D eigenvalue weighted by Gasteiger charge is -2.06. The van der Waals surface area contributed by atoms with Crippen LogP contribution in [0.4, 0.5) is 0 Å². The molecule has 0 aliphatic carbocycles. The molecular formula is C16H14N2O2S2. The summed E-state index contributed by atoms with van der Waals surface area (Å²) in [5.74, 6) is 0.599. The number of ether oxygens (including phenoxy) is 1. The lowest BCUT2D eigenvalue weighted by atomic mass is 10.2. The summed E-state index contributed by atoms with van der Waals surface area (Å²) in [6.07, 6.45) is 2.55. The van der Waals surface area contributed by atoms with Crippen molar-refractivity contribution in [3.63, 3.8) is 0 Å². The fraction of sp³-hybridized carbons (Fsp3) is 0.125. The van der Waals surface area contributed by atoms with Crippen molar-refractivity contribution < 1.29 is 9.53 Å². The highest BCUT2D eigenvalue weighted by Crippen LogP contribution is 2.23. The van der Waals surface area contributed by atoms with Gasteiger partial charge < -0.3 is 10.1 Å². The van der Waals surface area contributed by atoms with Gasteiger partial charge in [-0.2, -0.15) is 0 Å². The third-order valence-electron chi connectivity index (χ3n) is 2.97. The zero-order chi connectivity index (χ0) is 15.2. The number of hydrogen-bond donors (Lipinski definition) is 1. The molecule has 0 saturated heterocycles. The molecule has 0 spiro atoms. The third-order valence-corrected chi connectivity index (χ3v) is 4.55. The Kier molecular flexibility index (Phi) is 4.82. The van der Waals surface area contributed by atoms with Gasteiger partial charge in [0.2, 0.25) is 0 Å². The van der Waals surface area contributed by atoms with Crippen molar-refractivity contribution in [2.45, 2.75) is 6.42 Å². The van der Waals surface area contributed by atoms with E-state index in [1.807, 2.05) is 16.8 Å². The number of carbonyl (C=O) groups excluding carboxylic acids is 1. The maximum atomic E-state index is 12.0. The predicted octanol–water partition coefficient (Wildman–Crippen LogP) is 3.97. The van der Waals surface area contributed by atoms with Crippen LogP contribution in [0, 0.1) is 0 Å². The predicted molar refractivity (Wildman–Crippen MR) is 89.0 cm³/mol. The molecule has 3 rings (SSSR count). The lowest BCUT2D eigenvalue weighted by Crippen LogP contribution is -2.25. The first-order valence-corrected chi connectivity index (χ1v) is 8.55. The number of thiophene rings is 1. The minimum atomic E-state index is -0.0719. The summed E-state index contributed by atoms with van der Waals surface area (Å²) < 4.78 is 5.56. The van der Waals surface area contributed by atoms with Gasteiger partial charge in [-0.1, -0.05) is 17.4 Å². The van der Waals surface area contributed by atoms with Crippen molar-refractivity contribution in [1.29, 1.82) is 0 Å². The van der Waals surface area contributed by atoms with Crippen LogP contribution in [-0.4, -0.2) is 17.4 Å². The second-order valence-corrected chi connectivity index (χ2v) is 6.40. The number of nitrogens with zero attached hydrogens (tertiary/aromatic N) is 1. The first-order valence-electron chi connectivity index (χ1n) is 6.79. The lowest BCUT2D eigenvalue weighted by molar-refractivity contribution is 0.0954. The zero-order valence-corrected chi connectivity index (χ0v) is 13.3. The van der Waals surface area contributed by atoms with E-state index in [9.17, 15) is 4.79 Å². The Bertz CT molecular complexity index is 707. The average molecular weight is 330 g/mol. The molecule has 0 unspecified atom stereocenters. The fourth-order valence-electron chi connectivity index (χ4n) is 1.89. The van der Waals surface area contributed by atoms with Gasteiger partial charge in [0.25, 0.3) is 11.1 Å².